The van der Waals surface area contributed by atoms with Gasteiger partial charge in [0, 0.05) is 47.0 Å². The summed E-state index contributed by atoms with van der Waals surface area (Å²) in [4.78, 5) is 0. The molecule has 286 valence electrons. The molecule has 0 radical (unpaired) electrons. The SMILES string of the molecule is C=CC(=C)C=C.C=Cc1cc2ccc(-c3cc4ccc5c6ccc7c(ccc8cc(-c9ccc%10cc%11ccccc%11cc%10c9)n(C)c87)c6ccc5c4n3C)cc2cc1C=C. The molecule has 2 nitrogen and oxygen atoms in total. The molecule has 0 atom stereocenters. The molecule has 0 amide bonds. The minimum absolute atomic E-state index is 0.870. The highest BCUT2D eigenvalue weighted by Crippen LogP contribution is 2.41. The van der Waals surface area contributed by atoms with Gasteiger partial charge in [0.15, 0.2) is 0 Å². The van der Waals surface area contributed by atoms with Crippen LogP contribution in [-0.2, 0) is 14.1 Å². The van der Waals surface area contributed by atoms with Gasteiger partial charge >= 0.3 is 0 Å². The van der Waals surface area contributed by atoms with Crippen LogP contribution in [0.5, 0.6) is 0 Å². The van der Waals surface area contributed by atoms with Gasteiger partial charge in [0.2, 0.25) is 0 Å². The third kappa shape index (κ3) is 5.80. The molecule has 2 heteroatoms. The number of hydrogen-bond donors (Lipinski definition) is 0. The molecule has 0 aliphatic rings. The monoisotopic (exact) mass is 768 g/mol. The Kier molecular flexibility index (Phi) is 8.74. The summed E-state index contributed by atoms with van der Waals surface area (Å²) in [6, 6.07) is 54.5. The highest BCUT2D eigenvalue weighted by molar-refractivity contribution is 6.25. The molecule has 0 aliphatic carbocycles. The third-order valence-corrected chi connectivity index (χ3v) is 12.5. The van der Waals surface area contributed by atoms with Crippen LogP contribution in [-0.4, -0.2) is 9.13 Å². The van der Waals surface area contributed by atoms with Crippen LogP contribution in [0.2, 0.25) is 0 Å². The standard InChI is InChI=1S/C52H36N2.C6H8/c1-5-31-23-35-11-13-37(27-41(35)24-32(31)6-2)49-29-39-15-17-45-43-20-22-48-46(44(43)19-21-47(45)51(39)53(49)3)18-16-40-30-50(54(4)52(40)48)38-14-12-36-25-33-9-7-8-10-34(33)26-42(36)28-38;1-4-6(3)5-2/h5-30H,1-2H2,3-4H3;4-5H,1-3H2. The zero-order valence-electron chi connectivity index (χ0n) is 34.1. The summed E-state index contributed by atoms with van der Waals surface area (Å²) in [5, 5.41) is 17.6. The first-order valence-corrected chi connectivity index (χ1v) is 20.3. The largest absolute Gasteiger partial charge is 0.343 e. The maximum absolute atomic E-state index is 4.03. The van der Waals surface area contributed by atoms with E-state index < -0.39 is 0 Å². The molecule has 0 fully saturated rings. The second-order valence-electron chi connectivity index (χ2n) is 15.8. The molecular weight excluding hydrogens is 725 g/mol. The van der Waals surface area contributed by atoms with Crippen molar-refractivity contribution in [1.29, 1.82) is 0 Å². The van der Waals surface area contributed by atoms with Crippen molar-refractivity contribution in [2.45, 2.75) is 0 Å². The Morgan fingerprint density at radius 2 is 0.750 bits per heavy atom. The Morgan fingerprint density at radius 1 is 0.383 bits per heavy atom. The lowest BCUT2D eigenvalue weighted by Gasteiger charge is -2.12. The predicted molar refractivity (Wildman–Crippen MR) is 265 cm³/mol. The maximum atomic E-state index is 4.03. The van der Waals surface area contributed by atoms with Crippen LogP contribution in [0.3, 0.4) is 0 Å². The van der Waals surface area contributed by atoms with E-state index in [9.17, 15) is 0 Å². The summed E-state index contributed by atoms with van der Waals surface area (Å²) in [7, 11) is 4.41. The molecular formula is C58H44N2. The number of benzene rings is 9. The van der Waals surface area contributed by atoms with Crippen LogP contribution < -0.4 is 0 Å². The molecule has 2 heterocycles. The lowest BCUT2D eigenvalue weighted by Crippen LogP contribution is -1.93. The molecule has 0 N–H and O–H groups in total. The number of rotatable bonds is 6. The van der Waals surface area contributed by atoms with E-state index in [0.717, 1.165) is 16.7 Å². The third-order valence-electron chi connectivity index (χ3n) is 12.5. The van der Waals surface area contributed by atoms with Gasteiger partial charge in [-0.2, -0.15) is 0 Å². The Bertz CT molecular complexity index is 3650. The van der Waals surface area contributed by atoms with Gasteiger partial charge in [-0.05, 0) is 130 Å². The number of nitrogens with zero attached hydrogens (tertiary/aromatic N) is 2. The van der Waals surface area contributed by atoms with Gasteiger partial charge in [-0.3, -0.25) is 0 Å². The lowest BCUT2D eigenvalue weighted by molar-refractivity contribution is 0.982. The smallest absolute Gasteiger partial charge is 0.0562 e. The van der Waals surface area contributed by atoms with Crippen LogP contribution in [0, 0.1) is 0 Å². The zero-order chi connectivity index (χ0) is 41.2. The summed E-state index contributed by atoms with van der Waals surface area (Å²) < 4.78 is 4.74. The molecule has 11 rings (SSSR count). The van der Waals surface area contributed by atoms with Gasteiger partial charge < -0.3 is 9.13 Å². The van der Waals surface area contributed by atoms with Gasteiger partial charge in [0.25, 0.3) is 0 Å². The fourth-order valence-electron chi connectivity index (χ4n) is 9.33. The van der Waals surface area contributed by atoms with Crippen LogP contribution in [0.15, 0.2) is 196 Å². The zero-order valence-corrected chi connectivity index (χ0v) is 34.1. The molecule has 0 saturated carbocycles. The second kappa shape index (κ2) is 14.3. The summed E-state index contributed by atoms with van der Waals surface area (Å²) in [5.41, 5.74) is 10.5. The molecule has 0 bridgehead atoms. The number of aryl methyl sites for hydroxylation is 2. The van der Waals surface area contributed by atoms with Gasteiger partial charge in [0.05, 0.1) is 11.0 Å². The van der Waals surface area contributed by atoms with Crippen LogP contribution in [0.25, 0.3) is 121 Å². The van der Waals surface area contributed by atoms with Gasteiger partial charge in [-0.25, -0.2) is 0 Å². The lowest BCUT2D eigenvalue weighted by atomic mass is 9.95. The fraction of sp³-hybridized carbons (Fsp3) is 0.0345. The van der Waals surface area contributed by atoms with Crippen molar-refractivity contribution in [2.75, 3.05) is 0 Å². The molecule has 2 aromatic heterocycles. The molecule has 11 aromatic rings. The summed E-state index contributed by atoms with van der Waals surface area (Å²) >= 11 is 0. The minimum atomic E-state index is 0.870. The van der Waals surface area contributed by atoms with Crippen molar-refractivity contribution in [1.82, 2.24) is 9.13 Å². The maximum Gasteiger partial charge on any atom is 0.0562 e. The summed E-state index contributed by atoms with van der Waals surface area (Å²) in [6.07, 6.45) is 7.13. The van der Waals surface area contributed by atoms with Crippen molar-refractivity contribution in [3.8, 4) is 22.5 Å². The highest BCUT2D eigenvalue weighted by atomic mass is 15.0. The number of fused-ring (bicyclic) bond motifs is 12. The summed E-state index contributed by atoms with van der Waals surface area (Å²) in [6.45, 7) is 18.5. The van der Waals surface area contributed by atoms with Crippen molar-refractivity contribution in [2.24, 2.45) is 14.1 Å². The van der Waals surface area contributed by atoms with Crippen LogP contribution in [0.4, 0.5) is 0 Å². The fourth-order valence-corrected chi connectivity index (χ4v) is 9.33. The average Bonchev–Trinajstić information content (AvgIpc) is 3.82. The quantitative estimate of drug-likeness (QED) is 0.0906. The minimum Gasteiger partial charge on any atom is -0.343 e. The average molecular weight is 769 g/mol. The van der Waals surface area contributed by atoms with Crippen LogP contribution in [0.1, 0.15) is 11.1 Å². The van der Waals surface area contributed by atoms with Crippen molar-refractivity contribution < 1.29 is 0 Å². The second-order valence-corrected chi connectivity index (χ2v) is 15.8. The Hall–Kier alpha value is -7.68. The normalized spacial score (nSPS) is 11.5. The van der Waals surface area contributed by atoms with E-state index in [-0.39, 0.29) is 0 Å². The van der Waals surface area contributed by atoms with Crippen molar-refractivity contribution >= 4 is 98.6 Å². The molecule has 0 saturated heterocycles. The van der Waals surface area contributed by atoms with Gasteiger partial charge in [0.1, 0.15) is 0 Å². The Balaban J connectivity index is 0.000000675. The molecule has 0 spiro atoms. The first kappa shape index (κ1) is 36.6. The van der Waals surface area contributed by atoms with E-state index in [1.807, 2.05) is 12.2 Å². The highest BCUT2D eigenvalue weighted by Gasteiger charge is 2.17. The van der Waals surface area contributed by atoms with E-state index in [4.69, 9.17) is 0 Å². The van der Waals surface area contributed by atoms with Crippen molar-refractivity contribution in [3.63, 3.8) is 0 Å². The molecule has 9 aromatic carbocycles. The number of hydrogen-bond acceptors (Lipinski definition) is 0. The first-order valence-electron chi connectivity index (χ1n) is 20.3. The Morgan fingerprint density at radius 3 is 1.22 bits per heavy atom. The molecule has 60 heavy (non-hydrogen) atoms. The van der Waals surface area contributed by atoms with Crippen LogP contribution >= 0.6 is 0 Å². The van der Waals surface area contributed by atoms with E-state index in [1.54, 1.807) is 12.2 Å². The topological polar surface area (TPSA) is 9.86 Å². The molecule has 0 unspecified atom stereocenters. The predicted octanol–water partition coefficient (Wildman–Crippen LogP) is 16.1. The van der Waals surface area contributed by atoms with E-state index >= 15 is 0 Å². The first-order chi connectivity index (χ1) is 29.3. The van der Waals surface area contributed by atoms with E-state index in [2.05, 4.69) is 202 Å². The number of aromatic nitrogens is 2. The Labute approximate surface area is 350 Å². The van der Waals surface area contributed by atoms with E-state index in [1.165, 1.54) is 109 Å². The molecule has 0 aliphatic heterocycles. The summed E-state index contributed by atoms with van der Waals surface area (Å²) in [5.74, 6) is 0. The number of allylic oxidation sites excluding steroid dienone is 3. The van der Waals surface area contributed by atoms with Crippen molar-refractivity contribution in [3.05, 3.63) is 207 Å². The van der Waals surface area contributed by atoms with Gasteiger partial charge in [-0.1, -0.05) is 154 Å². The van der Waals surface area contributed by atoms with Gasteiger partial charge in [-0.15, -0.1) is 0 Å². The van der Waals surface area contributed by atoms with E-state index in [0.29, 0.717) is 0 Å².